The van der Waals surface area contributed by atoms with Crippen molar-refractivity contribution in [2.24, 2.45) is 0 Å². The van der Waals surface area contributed by atoms with Crippen molar-refractivity contribution in [2.75, 3.05) is 0 Å². The average molecular weight is 296 g/mol. The molecule has 0 atom stereocenters. The number of para-hydroxylation sites is 1. The third-order valence-electron chi connectivity index (χ3n) is 2.57. The Morgan fingerprint density at radius 1 is 1.24 bits per heavy atom. The summed E-state index contributed by atoms with van der Waals surface area (Å²) in [5.74, 6) is -1.12. The number of hydrogen-bond acceptors (Lipinski definition) is 3. The summed E-state index contributed by atoms with van der Waals surface area (Å²) in [5, 5.41) is 8.73. The Bertz CT molecular complexity index is 692. The molecule has 0 aliphatic carbocycles. The predicted molar refractivity (Wildman–Crippen MR) is 65.6 cm³/mol. The van der Waals surface area contributed by atoms with Crippen molar-refractivity contribution in [1.82, 2.24) is 4.98 Å². The Morgan fingerprint density at radius 3 is 2.62 bits per heavy atom. The Hall–Kier alpha value is -2.62. The van der Waals surface area contributed by atoms with Crippen LogP contribution in [0.5, 0.6) is 5.75 Å². The highest BCUT2D eigenvalue weighted by molar-refractivity contribution is 5.70. The molecule has 7 heteroatoms. The van der Waals surface area contributed by atoms with Gasteiger partial charge in [0.1, 0.15) is 11.6 Å². The predicted octanol–water partition coefficient (Wildman–Crippen LogP) is 3.85. The molecule has 108 valence electrons. The SMILES string of the molecule is N#CCc1cc(F)cnc1-c1ccccc1OC(F)(F)F. The number of hydrogen-bond donors (Lipinski definition) is 0. The van der Waals surface area contributed by atoms with E-state index in [2.05, 4.69) is 9.72 Å². The van der Waals surface area contributed by atoms with Gasteiger partial charge in [-0.25, -0.2) is 4.39 Å². The normalized spacial score (nSPS) is 11.0. The molecule has 2 rings (SSSR count). The fourth-order valence-electron chi connectivity index (χ4n) is 1.82. The third-order valence-corrected chi connectivity index (χ3v) is 2.57. The number of nitriles is 1. The minimum Gasteiger partial charge on any atom is -0.405 e. The van der Waals surface area contributed by atoms with Gasteiger partial charge < -0.3 is 4.74 Å². The molecule has 0 bridgehead atoms. The lowest BCUT2D eigenvalue weighted by atomic mass is 10.0. The number of nitrogens with zero attached hydrogens (tertiary/aromatic N) is 2. The number of pyridine rings is 1. The van der Waals surface area contributed by atoms with Crippen LogP contribution < -0.4 is 4.74 Å². The highest BCUT2D eigenvalue weighted by Crippen LogP contribution is 2.34. The molecule has 0 aliphatic heterocycles. The molecular weight excluding hydrogens is 288 g/mol. The molecule has 0 amide bonds. The molecule has 0 unspecified atom stereocenters. The van der Waals surface area contributed by atoms with Crippen LogP contribution in [-0.2, 0) is 6.42 Å². The first kappa shape index (κ1) is 14.8. The fraction of sp³-hybridized carbons (Fsp3) is 0.143. The van der Waals surface area contributed by atoms with Gasteiger partial charge in [0.25, 0.3) is 0 Å². The summed E-state index contributed by atoms with van der Waals surface area (Å²) >= 11 is 0. The summed E-state index contributed by atoms with van der Waals surface area (Å²) in [6.45, 7) is 0. The highest BCUT2D eigenvalue weighted by Gasteiger charge is 2.32. The van der Waals surface area contributed by atoms with E-state index in [0.29, 0.717) is 0 Å². The lowest BCUT2D eigenvalue weighted by Crippen LogP contribution is -2.17. The highest BCUT2D eigenvalue weighted by atomic mass is 19.4. The van der Waals surface area contributed by atoms with Crippen LogP contribution in [0.15, 0.2) is 36.5 Å². The van der Waals surface area contributed by atoms with Crippen LogP contribution >= 0.6 is 0 Å². The number of aromatic nitrogens is 1. The molecule has 1 heterocycles. The van der Waals surface area contributed by atoms with Crippen molar-refractivity contribution in [3.63, 3.8) is 0 Å². The Balaban J connectivity index is 2.55. The minimum absolute atomic E-state index is 0.0417. The largest absolute Gasteiger partial charge is 0.573 e. The summed E-state index contributed by atoms with van der Waals surface area (Å²) in [5.41, 5.74) is 0.314. The second-order valence-corrected chi connectivity index (χ2v) is 4.04. The second-order valence-electron chi connectivity index (χ2n) is 4.04. The quantitative estimate of drug-likeness (QED) is 0.808. The van der Waals surface area contributed by atoms with Gasteiger partial charge in [0.2, 0.25) is 0 Å². The van der Waals surface area contributed by atoms with E-state index in [4.69, 9.17) is 5.26 Å². The number of alkyl halides is 3. The molecule has 0 saturated heterocycles. The topological polar surface area (TPSA) is 45.9 Å². The standard InChI is InChI=1S/C14H8F4N2O/c15-10-7-9(5-6-19)13(20-8-10)11-3-1-2-4-12(11)21-14(16,17)18/h1-4,7-8H,5H2. The monoisotopic (exact) mass is 296 g/mol. The van der Waals surface area contributed by atoms with Crippen molar-refractivity contribution >= 4 is 0 Å². The molecule has 21 heavy (non-hydrogen) atoms. The summed E-state index contributed by atoms with van der Waals surface area (Å²) in [7, 11) is 0. The first-order valence-electron chi connectivity index (χ1n) is 5.77. The van der Waals surface area contributed by atoms with E-state index in [0.717, 1.165) is 18.3 Å². The van der Waals surface area contributed by atoms with E-state index in [1.54, 1.807) is 0 Å². The molecule has 0 spiro atoms. The van der Waals surface area contributed by atoms with Gasteiger partial charge in [-0.1, -0.05) is 12.1 Å². The molecule has 2 aromatic rings. The first-order chi connectivity index (χ1) is 9.90. The van der Waals surface area contributed by atoms with Crippen molar-refractivity contribution in [1.29, 1.82) is 5.26 Å². The van der Waals surface area contributed by atoms with Gasteiger partial charge in [-0.05, 0) is 23.8 Å². The first-order valence-corrected chi connectivity index (χ1v) is 5.77. The van der Waals surface area contributed by atoms with Crippen molar-refractivity contribution in [3.05, 3.63) is 47.9 Å². The van der Waals surface area contributed by atoms with E-state index in [-0.39, 0.29) is 23.2 Å². The second kappa shape index (κ2) is 5.79. The minimum atomic E-state index is -4.86. The molecule has 0 radical (unpaired) electrons. The van der Waals surface area contributed by atoms with Crippen LogP contribution in [0.3, 0.4) is 0 Å². The van der Waals surface area contributed by atoms with E-state index in [9.17, 15) is 17.6 Å². The van der Waals surface area contributed by atoms with Gasteiger partial charge >= 0.3 is 6.36 Å². The molecule has 0 fully saturated rings. The van der Waals surface area contributed by atoms with E-state index < -0.39 is 17.9 Å². The molecule has 1 aromatic heterocycles. The van der Waals surface area contributed by atoms with Crippen LogP contribution in [0.4, 0.5) is 17.6 Å². The zero-order valence-corrected chi connectivity index (χ0v) is 10.5. The van der Waals surface area contributed by atoms with E-state index in [1.165, 1.54) is 18.2 Å². The third kappa shape index (κ3) is 3.69. The average Bonchev–Trinajstić information content (AvgIpc) is 2.39. The van der Waals surface area contributed by atoms with E-state index >= 15 is 0 Å². The van der Waals surface area contributed by atoms with Crippen LogP contribution in [-0.4, -0.2) is 11.3 Å². The number of ether oxygens (including phenoxy) is 1. The Kier molecular flexibility index (Phi) is 4.08. The van der Waals surface area contributed by atoms with Crippen LogP contribution in [0.2, 0.25) is 0 Å². The zero-order valence-electron chi connectivity index (χ0n) is 10.5. The smallest absolute Gasteiger partial charge is 0.405 e. The van der Waals surface area contributed by atoms with Crippen molar-refractivity contribution in [3.8, 4) is 23.1 Å². The van der Waals surface area contributed by atoms with Crippen molar-refractivity contribution < 1.29 is 22.3 Å². The van der Waals surface area contributed by atoms with Gasteiger partial charge in [-0.2, -0.15) is 5.26 Å². The van der Waals surface area contributed by atoms with Gasteiger partial charge in [-0.3, -0.25) is 4.98 Å². The molecule has 0 aliphatic rings. The van der Waals surface area contributed by atoms with Gasteiger partial charge in [-0.15, -0.1) is 13.2 Å². The summed E-state index contributed by atoms with van der Waals surface area (Å²) < 4.78 is 54.3. The molecule has 3 nitrogen and oxygen atoms in total. The molecular formula is C14H8F4N2O. The summed E-state index contributed by atoms with van der Waals surface area (Å²) in [6.07, 6.45) is -4.16. The summed E-state index contributed by atoms with van der Waals surface area (Å²) in [6, 6.07) is 8.25. The maximum absolute atomic E-state index is 13.2. The molecule has 0 saturated carbocycles. The maximum Gasteiger partial charge on any atom is 0.573 e. The molecule has 0 N–H and O–H groups in total. The number of benzene rings is 1. The summed E-state index contributed by atoms with van der Waals surface area (Å²) in [4.78, 5) is 3.78. The Morgan fingerprint density at radius 2 is 1.95 bits per heavy atom. The van der Waals surface area contributed by atoms with Crippen LogP contribution in [0, 0.1) is 17.1 Å². The van der Waals surface area contributed by atoms with Crippen LogP contribution in [0.25, 0.3) is 11.3 Å². The Labute approximate surface area is 117 Å². The van der Waals surface area contributed by atoms with Gasteiger partial charge in [0, 0.05) is 5.56 Å². The maximum atomic E-state index is 13.2. The van der Waals surface area contributed by atoms with Crippen molar-refractivity contribution in [2.45, 2.75) is 12.8 Å². The lowest BCUT2D eigenvalue weighted by Gasteiger charge is -2.14. The van der Waals surface area contributed by atoms with Gasteiger partial charge in [0.05, 0.1) is 24.4 Å². The number of halogens is 4. The fourth-order valence-corrected chi connectivity index (χ4v) is 1.82. The number of rotatable bonds is 3. The molecule has 1 aromatic carbocycles. The lowest BCUT2D eigenvalue weighted by molar-refractivity contribution is -0.274. The van der Waals surface area contributed by atoms with E-state index in [1.807, 2.05) is 6.07 Å². The zero-order chi connectivity index (χ0) is 15.5. The van der Waals surface area contributed by atoms with Gasteiger partial charge in [0.15, 0.2) is 0 Å². The van der Waals surface area contributed by atoms with Crippen LogP contribution in [0.1, 0.15) is 5.56 Å².